The molecular weight excluding hydrogens is 262 g/mol. The molecule has 0 radical (unpaired) electrons. The molecule has 0 aliphatic carbocycles. The molecular formula is C17H23N3O. The minimum Gasteiger partial charge on any atom is -0.399 e. The minimum absolute atomic E-state index is 0.279. The number of hydrogen-bond acceptors (Lipinski definition) is 4. The molecule has 2 aromatic rings. The van der Waals surface area contributed by atoms with Gasteiger partial charge >= 0.3 is 0 Å². The summed E-state index contributed by atoms with van der Waals surface area (Å²) in [5.74, 6) is 0.577. The Kier molecular flexibility index (Phi) is 3.97. The molecule has 1 aliphatic heterocycles. The third-order valence-electron chi connectivity index (χ3n) is 4.34. The fourth-order valence-electron chi connectivity index (χ4n) is 3.32. The smallest absolute Gasteiger partial charge is 0.0727 e. The Balaban J connectivity index is 2.00. The minimum atomic E-state index is 0.279. The van der Waals surface area contributed by atoms with Gasteiger partial charge in [-0.1, -0.05) is 0 Å². The first-order chi connectivity index (χ1) is 10.2. The highest BCUT2D eigenvalue weighted by molar-refractivity contribution is 5.94. The maximum absolute atomic E-state index is 9.18. The van der Waals surface area contributed by atoms with Crippen LogP contribution in [0.5, 0.6) is 0 Å². The zero-order valence-corrected chi connectivity index (χ0v) is 12.5. The molecule has 2 heterocycles. The molecule has 4 nitrogen and oxygen atoms in total. The summed E-state index contributed by atoms with van der Waals surface area (Å²) in [5.41, 5.74) is 10.00. The normalized spacial score (nSPS) is 19.1. The predicted molar refractivity (Wildman–Crippen MR) is 87.5 cm³/mol. The van der Waals surface area contributed by atoms with Crippen LogP contribution in [0.15, 0.2) is 24.3 Å². The van der Waals surface area contributed by atoms with Gasteiger partial charge in [0, 0.05) is 42.2 Å². The molecule has 0 bridgehead atoms. The number of nitrogen functional groups attached to an aromatic ring is 1. The molecule has 1 aliphatic rings. The molecule has 0 saturated carbocycles. The molecule has 3 rings (SSSR count). The van der Waals surface area contributed by atoms with E-state index in [0.29, 0.717) is 5.92 Å². The van der Waals surface area contributed by atoms with Gasteiger partial charge in [0.1, 0.15) is 0 Å². The third kappa shape index (κ3) is 2.95. The number of fused-ring (bicyclic) bond motifs is 1. The van der Waals surface area contributed by atoms with E-state index in [9.17, 15) is 5.11 Å². The summed E-state index contributed by atoms with van der Waals surface area (Å²) in [6.07, 6.45) is 3.28. The van der Waals surface area contributed by atoms with E-state index in [1.165, 1.54) is 18.5 Å². The van der Waals surface area contributed by atoms with Crippen molar-refractivity contribution in [2.24, 2.45) is 5.92 Å². The quantitative estimate of drug-likeness (QED) is 0.851. The molecule has 1 unspecified atom stereocenters. The lowest BCUT2D eigenvalue weighted by atomic mass is 9.94. The fourth-order valence-corrected chi connectivity index (χ4v) is 3.32. The molecule has 0 amide bonds. The topological polar surface area (TPSA) is 62.4 Å². The number of piperidine rings is 1. The number of anilines is 2. The summed E-state index contributed by atoms with van der Waals surface area (Å²) in [7, 11) is 0. The fraction of sp³-hybridized carbons (Fsp3) is 0.471. The zero-order valence-electron chi connectivity index (χ0n) is 12.5. The van der Waals surface area contributed by atoms with E-state index in [-0.39, 0.29) is 6.61 Å². The standard InChI is InChI=1S/C17H23N3O/c1-12-9-17(15-10-14(18)4-5-16(15)19-12)20-7-2-3-13(11-20)6-8-21/h4-5,9-10,13,21H,2-3,6-8,11,18H2,1H3. The van der Waals surface area contributed by atoms with Crippen LogP contribution in [0.2, 0.25) is 0 Å². The van der Waals surface area contributed by atoms with Gasteiger partial charge in [-0.3, -0.25) is 4.98 Å². The number of aliphatic hydroxyl groups excluding tert-OH is 1. The third-order valence-corrected chi connectivity index (χ3v) is 4.34. The first-order valence-electron chi connectivity index (χ1n) is 7.70. The van der Waals surface area contributed by atoms with Crippen LogP contribution in [-0.4, -0.2) is 29.8 Å². The molecule has 1 saturated heterocycles. The SMILES string of the molecule is Cc1cc(N2CCCC(CCO)C2)c2cc(N)ccc2n1. The van der Waals surface area contributed by atoms with Crippen LogP contribution in [0.1, 0.15) is 25.0 Å². The van der Waals surface area contributed by atoms with E-state index in [1.807, 2.05) is 25.1 Å². The van der Waals surface area contributed by atoms with Crippen molar-refractivity contribution in [1.29, 1.82) is 0 Å². The van der Waals surface area contributed by atoms with Crippen LogP contribution < -0.4 is 10.6 Å². The van der Waals surface area contributed by atoms with Gasteiger partial charge in [0.25, 0.3) is 0 Å². The van der Waals surface area contributed by atoms with Crippen LogP contribution in [0.3, 0.4) is 0 Å². The lowest BCUT2D eigenvalue weighted by Crippen LogP contribution is -2.36. The molecule has 1 aromatic heterocycles. The molecule has 112 valence electrons. The predicted octanol–water partition coefficient (Wildman–Crippen LogP) is 2.72. The molecule has 1 aromatic carbocycles. The molecule has 1 fully saturated rings. The summed E-state index contributed by atoms with van der Waals surface area (Å²) in [6, 6.07) is 8.08. The van der Waals surface area contributed by atoms with Crippen LogP contribution in [0, 0.1) is 12.8 Å². The number of benzene rings is 1. The first kappa shape index (κ1) is 14.1. The van der Waals surface area contributed by atoms with E-state index in [1.54, 1.807) is 0 Å². The molecule has 0 spiro atoms. The van der Waals surface area contributed by atoms with E-state index >= 15 is 0 Å². The van der Waals surface area contributed by atoms with Crippen LogP contribution >= 0.6 is 0 Å². The highest BCUT2D eigenvalue weighted by Crippen LogP contribution is 2.32. The summed E-state index contributed by atoms with van der Waals surface area (Å²) in [4.78, 5) is 7.04. The highest BCUT2D eigenvalue weighted by atomic mass is 16.3. The number of rotatable bonds is 3. The number of nitrogens with two attached hydrogens (primary N) is 1. The van der Waals surface area contributed by atoms with Crippen molar-refractivity contribution in [3.05, 3.63) is 30.0 Å². The number of hydrogen-bond donors (Lipinski definition) is 2. The average molecular weight is 285 g/mol. The second kappa shape index (κ2) is 5.90. The Morgan fingerprint density at radius 2 is 2.24 bits per heavy atom. The Hall–Kier alpha value is -1.81. The van der Waals surface area contributed by atoms with Crippen LogP contribution in [0.25, 0.3) is 10.9 Å². The Bertz CT molecular complexity index is 639. The molecule has 4 heteroatoms. The Morgan fingerprint density at radius 1 is 1.38 bits per heavy atom. The van der Waals surface area contributed by atoms with Crippen molar-refractivity contribution >= 4 is 22.3 Å². The summed E-state index contributed by atoms with van der Waals surface area (Å²) in [5, 5.41) is 10.3. The van der Waals surface area contributed by atoms with Crippen molar-refractivity contribution in [2.75, 3.05) is 30.3 Å². The van der Waals surface area contributed by atoms with Gasteiger partial charge in [0.05, 0.1) is 5.52 Å². The largest absolute Gasteiger partial charge is 0.399 e. The molecule has 3 N–H and O–H groups in total. The van der Waals surface area contributed by atoms with Crippen molar-refractivity contribution in [3.63, 3.8) is 0 Å². The lowest BCUT2D eigenvalue weighted by molar-refractivity contribution is 0.244. The van der Waals surface area contributed by atoms with E-state index in [4.69, 9.17) is 5.73 Å². The summed E-state index contributed by atoms with van der Waals surface area (Å²) in [6.45, 7) is 4.39. The molecule has 21 heavy (non-hydrogen) atoms. The van der Waals surface area contributed by atoms with Crippen molar-refractivity contribution in [2.45, 2.75) is 26.2 Å². The van der Waals surface area contributed by atoms with Crippen molar-refractivity contribution in [3.8, 4) is 0 Å². The van der Waals surface area contributed by atoms with Crippen molar-refractivity contribution < 1.29 is 5.11 Å². The molecule has 1 atom stereocenters. The van der Waals surface area contributed by atoms with Gasteiger partial charge in [-0.15, -0.1) is 0 Å². The maximum Gasteiger partial charge on any atom is 0.0727 e. The number of aromatic nitrogens is 1. The van der Waals surface area contributed by atoms with E-state index < -0.39 is 0 Å². The van der Waals surface area contributed by atoms with Crippen LogP contribution in [0.4, 0.5) is 11.4 Å². The number of aliphatic hydroxyl groups is 1. The Labute approximate surface area is 125 Å². The Morgan fingerprint density at radius 3 is 3.05 bits per heavy atom. The lowest BCUT2D eigenvalue weighted by Gasteiger charge is -2.35. The zero-order chi connectivity index (χ0) is 14.8. The van der Waals surface area contributed by atoms with Gasteiger partial charge in [0.15, 0.2) is 0 Å². The van der Waals surface area contributed by atoms with E-state index in [0.717, 1.165) is 41.8 Å². The van der Waals surface area contributed by atoms with E-state index in [2.05, 4.69) is 16.0 Å². The highest BCUT2D eigenvalue weighted by Gasteiger charge is 2.21. The second-order valence-corrected chi connectivity index (χ2v) is 6.03. The van der Waals surface area contributed by atoms with Crippen LogP contribution in [-0.2, 0) is 0 Å². The van der Waals surface area contributed by atoms with Gasteiger partial charge in [-0.2, -0.15) is 0 Å². The van der Waals surface area contributed by atoms with Gasteiger partial charge in [-0.25, -0.2) is 0 Å². The summed E-state index contributed by atoms with van der Waals surface area (Å²) >= 11 is 0. The number of aryl methyl sites for hydroxylation is 1. The maximum atomic E-state index is 9.18. The van der Waals surface area contributed by atoms with Gasteiger partial charge in [0.2, 0.25) is 0 Å². The second-order valence-electron chi connectivity index (χ2n) is 6.03. The van der Waals surface area contributed by atoms with Crippen molar-refractivity contribution in [1.82, 2.24) is 4.98 Å². The summed E-state index contributed by atoms with van der Waals surface area (Å²) < 4.78 is 0. The monoisotopic (exact) mass is 285 g/mol. The number of pyridine rings is 1. The number of nitrogens with zero attached hydrogens (tertiary/aromatic N) is 2. The van der Waals surface area contributed by atoms with Gasteiger partial charge in [-0.05, 0) is 56.4 Å². The first-order valence-corrected chi connectivity index (χ1v) is 7.70. The average Bonchev–Trinajstić information content (AvgIpc) is 2.47. The van der Waals surface area contributed by atoms with Gasteiger partial charge < -0.3 is 15.7 Å².